The predicted molar refractivity (Wildman–Crippen MR) is 90.7 cm³/mol. The fraction of sp³-hybridized carbons (Fsp3) is 0.857. The Kier molecular flexibility index (Phi) is 12.2. The molecule has 0 saturated carbocycles. The molecule has 4 nitrogen and oxygen atoms in total. The van der Waals surface area contributed by atoms with E-state index < -0.39 is 0 Å². The molecule has 0 heterocycles. The van der Waals surface area contributed by atoms with Gasteiger partial charge in [-0.25, -0.2) is 0 Å². The number of nitrogens with one attached hydrogen (secondary N) is 2. The Morgan fingerprint density at radius 2 is 1.55 bits per heavy atom. The van der Waals surface area contributed by atoms with E-state index in [1.165, 1.54) is 23.5 Å². The molecule has 0 aliphatic heterocycles. The second kappa shape index (κ2) is 12.4. The van der Waals surface area contributed by atoms with Crippen LogP contribution in [0.25, 0.3) is 0 Å². The lowest BCUT2D eigenvalue weighted by Crippen LogP contribution is -2.25. The normalized spacial score (nSPS) is 12.2. The SMILES string of the molecule is CCCNC(=O)SCCC(SC(=O)NCCC)C(C)C. The van der Waals surface area contributed by atoms with Crippen LogP contribution in [-0.4, -0.2) is 34.6 Å². The summed E-state index contributed by atoms with van der Waals surface area (Å²) in [5.74, 6) is 1.18. The van der Waals surface area contributed by atoms with Crippen LogP contribution in [0.5, 0.6) is 0 Å². The molecule has 0 radical (unpaired) electrons. The minimum absolute atomic E-state index is 0.0368. The summed E-state index contributed by atoms with van der Waals surface area (Å²) < 4.78 is 0. The van der Waals surface area contributed by atoms with E-state index >= 15 is 0 Å². The van der Waals surface area contributed by atoms with Crippen LogP contribution in [0.2, 0.25) is 0 Å². The third-order valence-electron chi connectivity index (χ3n) is 2.68. The van der Waals surface area contributed by atoms with Crippen molar-refractivity contribution in [2.45, 2.75) is 52.2 Å². The summed E-state index contributed by atoms with van der Waals surface area (Å²) >= 11 is 2.68. The highest BCUT2D eigenvalue weighted by atomic mass is 32.2. The van der Waals surface area contributed by atoms with Crippen LogP contribution in [0.1, 0.15) is 47.0 Å². The first-order valence-corrected chi connectivity index (χ1v) is 9.22. The zero-order chi connectivity index (χ0) is 15.4. The van der Waals surface area contributed by atoms with Crippen LogP contribution in [0.3, 0.4) is 0 Å². The Labute approximate surface area is 131 Å². The van der Waals surface area contributed by atoms with Crippen molar-refractivity contribution in [1.29, 1.82) is 0 Å². The molecule has 0 bridgehead atoms. The van der Waals surface area contributed by atoms with Crippen molar-refractivity contribution in [3.8, 4) is 0 Å². The summed E-state index contributed by atoms with van der Waals surface area (Å²) in [6, 6.07) is 0. The molecule has 6 heteroatoms. The summed E-state index contributed by atoms with van der Waals surface area (Å²) in [4.78, 5) is 23.2. The Bertz CT molecular complexity index is 286. The van der Waals surface area contributed by atoms with Gasteiger partial charge in [0.2, 0.25) is 0 Å². The number of hydrogen-bond acceptors (Lipinski definition) is 4. The molecular weight excluding hydrogens is 292 g/mol. The standard InChI is InChI=1S/C14H28N2O2S2/c1-5-8-15-13(17)19-10-7-12(11(3)4)20-14(18)16-9-6-2/h11-12H,5-10H2,1-4H3,(H,15,17)(H,16,18). The fourth-order valence-corrected chi connectivity index (χ4v) is 3.36. The van der Waals surface area contributed by atoms with E-state index in [1.807, 2.05) is 13.8 Å². The van der Waals surface area contributed by atoms with Gasteiger partial charge in [-0.1, -0.05) is 51.2 Å². The third kappa shape index (κ3) is 10.4. The van der Waals surface area contributed by atoms with Gasteiger partial charge in [-0.2, -0.15) is 0 Å². The molecule has 0 fully saturated rings. The Balaban J connectivity index is 3.96. The van der Waals surface area contributed by atoms with Crippen molar-refractivity contribution in [2.75, 3.05) is 18.8 Å². The quantitative estimate of drug-likeness (QED) is 0.671. The number of carbonyl (C=O) groups is 2. The monoisotopic (exact) mass is 320 g/mol. The maximum Gasteiger partial charge on any atom is 0.279 e. The lowest BCUT2D eigenvalue weighted by molar-refractivity contribution is 0.260. The number of hydrogen-bond donors (Lipinski definition) is 2. The van der Waals surface area contributed by atoms with Gasteiger partial charge < -0.3 is 10.6 Å². The van der Waals surface area contributed by atoms with E-state index in [9.17, 15) is 9.59 Å². The minimum atomic E-state index is 0.0368. The average Bonchev–Trinajstić information content (AvgIpc) is 2.41. The van der Waals surface area contributed by atoms with Gasteiger partial charge in [-0.05, 0) is 25.2 Å². The molecule has 0 aromatic carbocycles. The smallest absolute Gasteiger partial charge is 0.279 e. The van der Waals surface area contributed by atoms with Crippen LogP contribution in [0, 0.1) is 5.92 Å². The van der Waals surface area contributed by atoms with Crippen LogP contribution in [-0.2, 0) is 0 Å². The highest BCUT2D eigenvalue weighted by molar-refractivity contribution is 8.14. The van der Waals surface area contributed by atoms with E-state index in [-0.39, 0.29) is 15.7 Å². The lowest BCUT2D eigenvalue weighted by Gasteiger charge is -2.19. The molecule has 0 rings (SSSR count). The first-order chi connectivity index (χ1) is 9.51. The molecule has 0 saturated heterocycles. The average molecular weight is 321 g/mol. The highest BCUT2D eigenvalue weighted by Crippen LogP contribution is 2.25. The van der Waals surface area contributed by atoms with Crippen molar-refractivity contribution in [3.63, 3.8) is 0 Å². The van der Waals surface area contributed by atoms with E-state index in [4.69, 9.17) is 0 Å². The lowest BCUT2D eigenvalue weighted by atomic mass is 10.1. The van der Waals surface area contributed by atoms with E-state index in [0.29, 0.717) is 5.92 Å². The van der Waals surface area contributed by atoms with Gasteiger partial charge in [0.1, 0.15) is 0 Å². The molecule has 1 atom stereocenters. The third-order valence-corrected chi connectivity index (χ3v) is 4.96. The van der Waals surface area contributed by atoms with Gasteiger partial charge in [-0.15, -0.1) is 0 Å². The van der Waals surface area contributed by atoms with Crippen molar-refractivity contribution < 1.29 is 9.59 Å². The molecule has 118 valence electrons. The first-order valence-electron chi connectivity index (χ1n) is 7.36. The number of amides is 2. The Morgan fingerprint density at radius 3 is 2.05 bits per heavy atom. The molecule has 0 aliphatic rings. The van der Waals surface area contributed by atoms with Gasteiger partial charge >= 0.3 is 0 Å². The topological polar surface area (TPSA) is 58.2 Å². The first kappa shape index (κ1) is 19.6. The van der Waals surface area contributed by atoms with E-state index in [2.05, 4.69) is 24.5 Å². The van der Waals surface area contributed by atoms with Crippen molar-refractivity contribution in [3.05, 3.63) is 0 Å². The summed E-state index contributed by atoms with van der Waals surface area (Å²) in [6.07, 6.45) is 2.77. The Hall–Kier alpha value is -0.360. The van der Waals surface area contributed by atoms with E-state index in [1.54, 1.807) is 0 Å². The maximum atomic E-state index is 11.7. The fourth-order valence-electron chi connectivity index (χ4n) is 1.48. The van der Waals surface area contributed by atoms with Crippen LogP contribution in [0.4, 0.5) is 9.59 Å². The van der Waals surface area contributed by atoms with Crippen molar-refractivity contribution in [2.24, 2.45) is 5.92 Å². The van der Waals surface area contributed by atoms with E-state index in [0.717, 1.165) is 38.1 Å². The number of thioether (sulfide) groups is 2. The number of rotatable bonds is 9. The van der Waals surface area contributed by atoms with Crippen molar-refractivity contribution >= 4 is 34.0 Å². The van der Waals surface area contributed by atoms with Crippen molar-refractivity contribution in [1.82, 2.24) is 10.6 Å². The molecular formula is C14H28N2O2S2. The second-order valence-corrected chi connectivity index (χ2v) is 7.25. The molecule has 2 N–H and O–H groups in total. The molecule has 0 aromatic heterocycles. The molecule has 2 amide bonds. The zero-order valence-electron chi connectivity index (χ0n) is 13.0. The minimum Gasteiger partial charge on any atom is -0.347 e. The van der Waals surface area contributed by atoms with Gasteiger partial charge in [0.05, 0.1) is 0 Å². The largest absolute Gasteiger partial charge is 0.347 e. The van der Waals surface area contributed by atoms with Crippen LogP contribution in [0.15, 0.2) is 0 Å². The van der Waals surface area contributed by atoms with Gasteiger partial charge in [0.15, 0.2) is 0 Å². The molecule has 20 heavy (non-hydrogen) atoms. The summed E-state index contributed by atoms with van der Waals surface area (Å²) in [6.45, 7) is 9.76. The second-order valence-electron chi connectivity index (χ2n) is 4.97. The summed E-state index contributed by atoms with van der Waals surface area (Å²) in [5, 5.41) is 6.07. The molecule has 0 aliphatic carbocycles. The highest BCUT2D eigenvalue weighted by Gasteiger charge is 2.18. The van der Waals surface area contributed by atoms with Crippen LogP contribution < -0.4 is 10.6 Å². The Morgan fingerprint density at radius 1 is 1.00 bits per heavy atom. The molecule has 0 spiro atoms. The molecule has 0 aromatic rings. The van der Waals surface area contributed by atoms with Crippen LogP contribution >= 0.6 is 23.5 Å². The number of carbonyl (C=O) groups excluding carboxylic acids is 2. The summed E-state index contributed by atoms with van der Waals surface area (Å²) in [7, 11) is 0. The van der Waals surface area contributed by atoms with Gasteiger partial charge in [0, 0.05) is 24.1 Å². The molecule has 1 unspecified atom stereocenters. The van der Waals surface area contributed by atoms with Gasteiger partial charge in [-0.3, -0.25) is 9.59 Å². The summed E-state index contributed by atoms with van der Waals surface area (Å²) in [5.41, 5.74) is 0. The zero-order valence-corrected chi connectivity index (χ0v) is 14.7. The maximum absolute atomic E-state index is 11.7. The predicted octanol–water partition coefficient (Wildman–Crippen LogP) is 4.11. The van der Waals surface area contributed by atoms with Gasteiger partial charge in [0.25, 0.3) is 10.5 Å².